The lowest BCUT2D eigenvalue weighted by Gasteiger charge is -2.42. The first-order valence-corrected chi connectivity index (χ1v) is 42.2. The van der Waals surface area contributed by atoms with E-state index in [4.69, 9.17) is 72.4 Å². The zero-order valence-corrected chi connectivity index (χ0v) is 62.6. The van der Waals surface area contributed by atoms with E-state index < -0.39 is 115 Å². The molecule has 6 heterocycles. The van der Waals surface area contributed by atoms with Crippen molar-refractivity contribution in [2.75, 3.05) is 44.7 Å². The zero-order chi connectivity index (χ0) is 72.1. The van der Waals surface area contributed by atoms with Crippen molar-refractivity contribution in [3.8, 4) is 17.6 Å². The van der Waals surface area contributed by atoms with Crippen LogP contribution in [0, 0.1) is 11.3 Å². The van der Waals surface area contributed by atoms with E-state index in [-0.39, 0.29) is 53.6 Å². The smallest absolute Gasteiger partial charge is 0.497 e. The number of imidazole rings is 2. The highest BCUT2D eigenvalue weighted by Gasteiger charge is 2.58. The molecule has 4 aromatic heterocycles. The minimum absolute atomic E-state index is 0.0860. The van der Waals surface area contributed by atoms with Crippen LogP contribution in [0.3, 0.4) is 0 Å². The number of nitrogens with one attached hydrogen (secondary N) is 2. The standard InChI is InChI=1S/C70H81N11O15P2SSi2/c1-68(2,3)100(9,10)95-56-53(92-66(58(56)93-97(84)85)80-43-76-54-60(72-41-74-62(54)80)78-64(82)45-23-16-13-17-24-45)40-90-98(99,89-38-22-37-71)94-59-57(96-101(11,12)69(4,5)6)52(91-67(59)81-44-77-55-61(73-42-75-63(55)81)79-65(83)46-25-18-14-19-26-46)39-88-70(47-27-20-15-21-28-47,48-29-33-50(86-7)34-30-48)49-31-35-51(87-8)36-32-49/h13-21,23-36,41-44,52-53,56-59,66-67H,22,38-40H2,1-12H3,(H2-,72,73,74,75,78,79,82,83,84,85)/p+1/t52-,53-,56-,57-,58-,59-,66-,67-,98?/m1/s1. The van der Waals surface area contributed by atoms with Gasteiger partial charge in [0.25, 0.3) is 11.8 Å². The number of nitrogens with zero attached hydrogens (tertiary/aromatic N) is 9. The van der Waals surface area contributed by atoms with Gasteiger partial charge in [-0.2, -0.15) is 5.26 Å². The Bertz CT molecular complexity index is 4430. The first-order chi connectivity index (χ1) is 48.2. The average molecular weight is 1470 g/mol. The van der Waals surface area contributed by atoms with E-state index in [0.717, 1.165) is 16.7 Å². The summed E-state index contributed by atoms with van der Waals surface area (Å²) in [5, 5.41) is 15.0. The maximum Gasteiger partial charge on any atom is 0.695 e. The lowest BCUT2D eigenvalue weighted by molar-refractivity contribution is -0.0930. The number of amides is 2. The monoisotopic (exact) mass is 1470 g/mol. The van der Waals surface area contributed by atoms with Crippen LogP contribution in [0.2, 0.25) is 36.3 Å². The summed E-state index contributed by atoms with van der Waals surface area (Å²) in [6.07, 6.45) is -4.41. The van der Waals surface area contributed by atoms with Crippen molar-refractivity contribution in [2.45, 2.75) is 139 Å². The van der Waals surface area contributed by atoms with Crippen LogP contribution in [-0.4, -0.2) is 143 Å². The topological polar surface area (TPSA) is 308 Å². The summed E-state index contributed by atoms with van der Waals surface area (Å²) in [7, 11) is -6.02. The van der Waals surface area contributed by atoms with Gasteiger partial charge in [-0.1, -0.05) is 133 Å². The largest absolute Gasteiger partial charge is 0.695 e. The molecule has 26 nitrogen and oxygen atoms in total. The second-order valence-corrected chi connectivity index (χ2v) is 40.4. The van der Waals surface area contributed by atoms with Crippen LogP contribution in [-0.2, 0) is 63.1 Å². The summed E-state index contributed by atoms with van der Waals surface area (Å²) < 4.78 is 91.6. The van der Waals surface area contributed by atoms with Crippen molar-refractivity contribution >= 4 is 89.2 Å². The molecule has 2 aliphatic rings. The minimum Gasteiger partial charge on any atom is -0.497 e. The van der Waals surface area contributed by atoms with Crippen LogP contribution in [0.1, 0.15) is 97.8 Å². The fourth-order valence-corrected chi connectivity index (χ4v) is 16.6. The number of aromatic nitrogens is 8. The molecule has 2 unspecified atom stereocenters. The summed E-state index contributed by atoms with van der Waals surface area (Å²) in [6.45, 7) is 15.4. The van der Waals surface area contributed by atoms with Gasteiger partial charge in [-0.05, 0) is 113 Å². The Morgan fingerprint density at radius 1 is 0.604 bits per heavy atom. The second kappa shape index (κ2) is 30.9. The fourth-order valence-electron chi connectivity index (χ4n) is 11.5. The second-order valence-electron chi connectivity index (χ2n) is 27.2. The molecule has 2 aliphatic heterocycles. The maximum atomic E-state index is 13.8. The molecule has 11 rings (SSSR count). The van der Waals surface area contributed by atoms with Gasteiger partial charge in [0, 0.05) is 15.7 Å². The number of anilines is 2. The van der Waals surface area contributed by atoms with E-state index >= 15 is 0 Å². The van der Waals surface area contributed by atoms with Crippen molar-refractivity contribution in [3.05, 3.63) is 193 Å². The summed E-state index contributed by atoms with van der Waals surface area (Å²) in [5.41, 5.74) is 2.42. The summed E-state index contributed by atoms with van der Waals surface area (Å²) >= 11 is 6.62. The highest BCUT2D eigenvalue weighted by molar-refractivity contribution is 8.07. The molecule has 0 radical (unpaired) electrons. The van der Waals surface area contributed by atoms with Crippen molar-refractivity contribution in [2.24, 2.45) is 0 Å². The molecule has 0 saturated carbocycles. The molecule has 0 bridgehead atoms. The minimum atomic E-state index is -4.32. The summed E-state index contributed by atoms with van der Waals surface area (Å²) in [5.74, 6) is 0.554. The number of hydrogen-bond donors (Lipinski definition) is 3. The molecule has 5 aromatic carbocycles. The van der Waals surface area contributed by atoms with Crippen LogP contribution >= 0.6 is 15.0 Å². The van der Waals surface area contributed by atoms with Gasteiger partial charge in [0.15, 0.2) is 69.2 Å². The maximum absolute atomic E-state index is 13.8. The van der Waals surface area contributed by atoms with Crippen LogP contribution < -0.4 is 20.1 Å². The quantitative estimate of drug-likeness (QED) is 0.0178. The first kappa shape index (κ1) is 74.2. The van der Waals surface area contributed by atoms with E-state index in [1.807, 2.05) is 119 Å². The lowest BCUT2D eigenvalue weighted by atomic mass is 9.80. The molecule has 2 saturated heterocycles. The van der Waals surface area contributed by atoms with E-state index in [2.05, 4.69) is 70.5 Å². The van der Waals surface area contributed by atoms with Crippen LogP contribution in [0.25, 0.3) is 22.3 Å². The summed E-state index contributed by atoms with van der Waals surface area (Å²) in [4.78, 5) is 65.7. The molecule has 3 N–H and O–H groups in total. The Morgan fingerprint density at radius 3 is 1.47 bits per heavy atom. The van der Waals surface area contributed by atoms with Crippen LogP contribution in [0.4, 0.5) is 11.6 Å². The molecule has 0 spiro atoms. The Balaban J connectivity index is 1.03. The SMILES string of the molecule is COc1ccc(C(OC[C@H]2O[C@@H](n3cnc4c(NC(=O)c5ccccc5)ncnc43)[C@H](OP(=S)(OCCC#N)OC[C@H]3O[C@@H](n4cnc5c(NC(=O)c6ccccc6)ncnc54)[C@H](O[P+](=O)O)[C@@H]3O[Si](C)(C)C(C)(C)C)[C@@H]2O[Si](C)(C)C(C)(C)C)(c2ccccc2)c2ccc(OC)cc2)cc1. The molecule has 9 aromatic rings. The molecule has 10 atom stereocenters. The first-order valence-electron chi connectivity index (χ1n) is 32.7. The number of carbonyl (C=O) groups is 2. The lowest BCUT2D eigenvalue weighted by Crippen LogP contribution is -2.51. The Hall–Kier alpha value is -7.99. The number of rotatable bonds is 28. The Labute approximate surface area is 593 Å². The fraction of sp³-hybridized carbons (Fsp3) is 0.386. The number of nitriles is 1. The highest BCUT2D eigenvalue weighted by Crippen LogP contribution is 2.57. The van der Waals surface area contributed by atoms with Gasteiger partial charge in [-0.3, -0.25) is 23.2 Å². The molecule has 2 amide bonds. The van der Waals surface area contributed by atoms with Gasteiger partial charge in [0.2, 0.25) is 0 Å². The van der Waals surface area contributed by atoms with Gasteiger partial charge < -0.3 is 52.2 Å². The van der Waals surface area contributed by atoms with Gasteiger partial charge in [-0.25, -0.2) is 29.9 Å². The molecular weight excluding hydrogens is 1390 g/mol. The normalized spacial score (nSPS) is 20.5. The van der Waals surface area contributed by atoms with E-state index in [1.165, 1.54) is 29.9 Å². The zero-order valence-electron chi connectivity index (χ0n) is 58.0. The van der Waals surface area contributed by atoms with Crippen LogP contribution in [0.15, 0.2) is 165 Å². The Morgan fingerprint density at radius 2 is 1.03 bits per heavy atom. The Kier molecular flexibility index (Phi) is 22.7. The predicted octanol–water partition coefficient (Wildman–Crippen LogP) is 13.4. The number of fused-ring (bicyclic) bond motifs is 2. The molecule has 530 valence electrons. The van der Waals surface area contributed by atoms with Crippen LogP contribution in [0.5, 0.6) is 11.5 Å². The van der Waals surface area contributed by atoms with Crippen molar-refractivity contribution in [3.63, 3.8) is 0 Å². The number of ether oxygens (including phenoxy) is 5. The van der Waals surface area contributed by atoms with E-state index in [1.54, 1.807) is 73.4 Å². The highest BCUT2D eigenvalue weighted by atomic mass is 32.5. The summed E-state index contributed by atoms with van der Waals surface area (Å²) in [6, 6.07) is 44.5. The van der Waals surface area contributed by atoms with Crippen molar-refractivity contribution < 1.29 is 69.7 Å². The molecular formula is C70H82N11O15P2SSi2+. The van der Waals surface area contributed by atoms with Crippen molar-refractivity contribution in [1.82, 2.24) is 39.0 Å². The number of methoxy groups -OCH3 is 2. The number of carbonyl (C=O) groups excluding carboxylic acids is 2. The average Bonchev–Trinajstić information content (AvgIpc) is 1.74. The van der Waals surface area contributed by atoms with Gasteiger partial charge >= 0.3 is 15.0 Å². The number of benzene rings is 5. The predicted molar refractivity (Wildman–Crippen MR) is 386 cm³/mol. The van der Waals surface area contributed by atoms with Gasteiger partial charge in [0.1, 0.15) is 60.3 Å². The molecule has 101 heavy (non-hydrogen) atoms. The van der Waals surface area contributed by atoms with Gasteiger partial charge in [0.05, 0.1) is 59.2 Å². The third-order valence-electron chi connectivity index (χ3n) is 18.8. The van der Waals surface area contributed by atoms with E-state index in [0.29, 0.717) is 22.6 Å². The molecule has 2 fully saturated rings. The van der Waals surface area contributed by atoms with Crippen molar-refractivity contribution in [1.29, 1.82) is 5.26 Å². The van der Waals surface area contributed by atoms with E-state index in [9.17, 15) is 24.3 Å². The molecule has 0 aliphatic carbocycles. The molecule has 31 heteroatoms. The van der Waals surface area contributed by atoms with Gasteiger partial charge in [-0.15, -0.1) is 9.42 Å². The number of hydrogen-bond acceptors (Lipinski definition) is 22. The third kappa shape index (κ3) is 16.1. The third-order valence-corrected chi connectivity index (χ3v) is 30.5.